The third-order valence-electron chi connectivity index (χ3n) is 3.59. The molecule has 0 fully saturated rings. The van der Waals surface area contributed by atoms with Crippen molar-refractivity contribution in [1.82, 2.24) is 10.2 Å². The average molecular weight is 273 g/mol. The Morgan fingerprint density at radius 3 is 2.75 bits per heavy atom. The maximum absolute atomic E-state index is 5.23. The van der Waals surface area contributed by atoms with Gasteiger partial charge in [-0.2, -0.15) is 0 Å². The zero-order valence-corrected chi connectivity index (χ0v) is 12.5. The monoisotopic (exact) mass is 273 g/mol. The lowest BCUT2D eigenvalue weighted by molar-refractivity contribution is 0.568. The minimum absolute atomic E-state index is 0.544. The second-order valence-electron chi connectivity index (χ2n) is 5.17. The highest BCUT2D eigenvalue weighted by Crippen LogP contribution is 2.24. The Labute approximate surface area is 120 Å². The lowest BCUT2D eigenvalue weighted by Gasteiger charge is -2.19. The molecule has 4 nitrogen and oxygen atoms in total. The van der Waals surface area contributed by atoms with Crippen molar-refractivity contribution in [2.75, 3.05) is 5.32 Å². The van der Waals surface area contributed by atoms with E-state index in [4.69, 9.17) is 4.42 Å². The Morgan fingerprint density at radius 2 is 2.15 bits per heavy atom. The van der Waals surface area contributed by atoms with Crippen LogP contribution in [0.4, 0.5) is 5.69 Å². The van der Waals surface area contributed by atoms with Gasteiger partial charge in [0.05, 0.1) is 0 Å². The second kappa shape index (κ2) is 7.08. The van der Waals surface area contributed by atoms with Crippen LogP contribution in [0.3, 0.4) is 0 Å². The Morgan fingerprint density at radius 1 is 1.30 bits per heavy atom. The van der Waals surface area contributed by atoms with Crippen molar-refractivity contribution in [3.63, 3.8) is 0 Å². The number of aryl methyl sites for hydroxylation is 1. The van der Waals surface area contributed by atoms with Gasteiger partial charge in [-0.3, -0.25) is 0 Å². The van der Waals surface area contributed by atoms with Crippen molar-refractivity contribution in [1.29, 1.82) is 0 Å². The molecule has 1 aromatic carbocycles. The normalized spacial score (nSPS) is 12.3. The topological polar surface area (TPSA) is 51.0 Å². The lowest BCUT2D eigenvalue weighted by atomic mass is 10.0. The summed E-state index contributed by atoms with van der Waals surface area (Å²) in [4.78, 5) is 0. The van der Waals surface area contributed by atoms with E-state index in [1.807, 2.05) is 6.07 Å². The van der Waals surface area contributed by atoms with Gasteiger partial charge in [0, 0.05) is 17.3 Å². The molecule has 2 aromatic rings. The van der Waals surface area contributed by atoms with Crippen molar-refractivity contribution in [2.24, 2.45) is 0 Å². The van der Waals surface area contributed by atoms with Crippen molar-refractivity contribution in [3.8, 4) is 11.5 Å². The molecule has 4 heteroatoms. The van der Waals surface area contributed by atoms with Gasteiger partial charge in [0.1, 0.15) is 0 Å². The summed E-state index contributed by atoms with van der Waals surface area (Å²) >= 11 is 0. The Kier molecular flexibility index (Phi) is 5.16. The van der Waals surface area contributed by atoms with Crippen molar-refractivity contribution >= 4 is 5.69 Å². The second-order valence-corrected chi connectivity index (χ2v) is 5.17. The van der Waals surface area contributed by atoms with Gasteiger partial charge in [-0.15, -0.1) is 10.2 Å². The molecule has 108 valence electrons. The smallest absolute Gasteiger partial charge is 0.247 e. The van der Waals surface area contributed by atoms with Gasteiger partial charge in [0.25, 0.3) is 0 Å². The molecule has 0 saturated heterocycles. The van der Waals surface area contributed by atoms with Crippen LogP contribution in [0.2, 0.25) is 0 Å². The first kappa shape index (κ1) is 14.6. The molecule has 1 unspecified atom stereocenters. The first-order valence-electron chi connectivity index (χ1n) is 7.38. The average Bonchev–Trinajstić information content (AvgIpc) is 2.99. The Hall–Kier alpha value is -1.84. The summed E-state index contributed by atoms with van der Waals surface area (Å²) in [5.41, 5.74) is 3.36. The zero-order valence-electron chi connectivity index (χ0n) is 12.5. The highest BCUT2D eigenvalue weighted by molar-refractivity contribution is 5.62. The zero-order chi connectivity index (χ0) is 14.4. The Bertz CT molecular complexity index is 523. The fourth-order valence-electron chi connectivity index (χ4n) is 2.31. The summed E-state index contributed by atoms with van der Waals surface area (Å²) in [6.07, 6.45) is 6.23. The predicted octanol–water partition coefficient (Wildman–Crippen LogP) is 4.43. The van der Waals surface area contributed by atoms with Gasteiger partial charge in [-0.25, -0.2) is 0 Å². The number of unbranched alkanes of at least 4 members (excludes halogenated alkanes) is 1. The minimum atomic E-state index is 0.544. The molecule has 2 rings (SSSR count). The van der Waals surface area contributed by atoms with Crippen LogP contribution in [-0.4, -0.2) is 16.2 Å². The first-order chi connectivity index (χ1) is 9.74. The van der Waals surface area contributed by atoms with Gasteiger partial charge in [-0.1, -0.05) is 26.7 Å². The standard InChI is InChI=1S/C16H23N3O/c1-4-6-7-14(5-2)18-15-9-8-13(10-12(15)3)16-19-17-11-20-16/h8-11,14,18H,4-7H2,1-3H3. The number of hydrogen-bond acceptors (Lipinski definition) is 4. The van der Waals surface area contributed by atoms with Crippen LogP contribution in [0.1, 0.15) is 45.1 Å². The first-order valence-corrected chi connectivity index (χ1v) is 7.38. The molecule has 0 saturated carbocycles. The van der Waals surface area contributed by atoms with Crippen molar-refractivity contribution < 1.29 is 4.42 Å². The minimum Gasteiger partial charge on any atom is -0.423 e. The molecule has 0 aliphatic heterocycles. The summed E-state index contributed by atoms with van der Waals surface area (Å²) in [6.45, 7) is 6.57. The van der Waals surface area contributed by atoms with Crippen LogP contribution in [-0.2, 0) is 0 Å². The number of nitrogens with one attached hydrogen (secondary N) is 1. The van der Waals surface area contributed by atoms with Gasteiger partial charge in [0.15, 0.2) is 0 Å². The van der Waals surface area contributed by atoms with Crippen LogP contribution in [0, 0.1) is 6.92 Å². The van der Waals surface area contributed by atoms with Gasteiger partial charge >= 0.3 is 0 Å². The van der Waals surface area contributed by atoms with Crippen molar-refractivity contribution in [2.45, 2.75) is 52.5 Å². The Balaban J connectivity index is 2.09. The molecule has 20 heavy (non-hydrogen) atoms. The van der Waals surface area contributed by atoms with E-state index >= 15 is 0 Å². The van der Waals surface area contributed by atoms with E-state index in [0.29, 0.717) is 11.9 Å². The van der Waals surface area contributed by atoms with E-state index in [2.05, 4.69) is 48.4 Å². The molecule has 0 aliphatic rings. The molecule has 1 aromatic heterocycles. The predicted molar refractivity (Wildman–Crippen MR) is 81.7 cm³/mol. The van der Waals surface area contributed by atoms with E-state index in [1.165, 1.54) is 36.9 Å². The third kappa shape index (κ3) is 3.59. The highest BCUT2D eigenvalue weighted by atomic mass is 16.4. The van der Waals surface area contributed by atoms with Crippen LogP contribution >= 0.6 is 0 Å². The molecule has 1 N–H and O–H groups in total. The lowest BCUT2D eigenvalue weighted by Crippen LogP contribution is -2.18. The van der Waals surface area contributed by atoms with Crippen LogP contribution in [0.15, 0.2) is 29.0 Å². The van der Waals surface area contributed by atoms with E-state index in [0.717, 1.165) is 12.0 Å². The number of nitrogens with zero attached hydrogens (tertiary/aromatic N) is 2. The molecular weight excluding hydrogens is 250 g/mol. The number of rotatable bonds is 7. The molecular formula is C16H23N3O. The van der Waals surface area contributed by atoms with Crippen molar-refractivity contribution in [3.05, 3.63) is 30.2 Å². The quantitative estimate of drug-likeness (QED) is 0.811. The van der Waals surface area contributed by atoms with Crippen LogP contribution in [0.25, 0.3) is 11.5 Å². The maximum Gasteiger partial charge on any atom is 0.247 e. The third-order valence-corrected chi connectivity index (χ3v) is 3.59. The number of anilines is 1. The van der Waals surface area contributed by atoms with E-state index in [-0.39, 0.29) is 0 Å². The summed E-state index contributed by atoms with van der Waals surface area (Å²) in [6, 6.07) is 6.75. The number of benzene rings is 1. The number of hydrogen-bond donors (Lipinski definition) is 1. The van der Waals surface area contributed by atoms with E-state index < -0.39 is 0 Å². The molecule has 0 amide bonds. The van der Waals surface area contributed by atoms with Gasteiger partial charge in [-0.05, 0) is 43.5 Å². The maximum atomic E-state index is 5.23. The number of aromatic nitrogens is 2. The summed E-state index contributed by atoms with van der Waals surface area (Å²) in [7, 11) is 0. The van der Waals surface area contributed by atoms with E-state index in [1.54, 1.807) is 0 Å². The van der Waals surface area contributed by atoms with Gasteiger partial charge < -0.3 is 9.73 Å². The molecule has 0 spiro atoms. The fourth-order valence-corrected chi connectivity index (χ4v) is 2.31. The van der Waals surface area contributed by atoms with E-state index in [9.17, 15) is 0 Å². The molecule has 0 radical (unpaired) electrons. The molecule has 1 heterocycles. The highest BCUT2D eigenvalue weighted by Gasteiger charge is 2.09. The summed E-state index contributed by atoms with van der Waals surface area (Å²) in [5, 5.41) is 11.3. The molecule has 1 atom stereocenters. The van der Waals surface area contributed by atoms with Crippen LogP contribution in [0.5, 0.6) is 0 Å². The van der Waals surface area contributed by atoms with Gasteiger partial charge in [0.2, 0.25) is 12.3 Å². The molecule has 0 aliphatic carbocycles. The summed E-state index contributed by atoms with van der Waals surface area (Å²) < 4.78 is 5.23. The fraction of sp³-hybridized carbons (Fsp3) is 0.500. The van der Waals surface area contributed by atoms with Crippen LogP contribution < -0.4 is 5.32 Å². The summed E-state index contributed by atoms with van der Waals surface area (Å²) in [5.74, 6) is 0.567. The SMILES string of the molecule is CCCCC(CC)Nc1ccc(-c2nnco2)cc1C. The molecule has 0 bridgehead atoms. The largest absolute Gasteiger partial charge is 0.423 e.